The predicted molar refractivity (Wildman–Crippen MR) is 98.8 cm³/mol. The fraction of sp³-hybridized carbons (Fsp3) is 0.286. The molecule has 2 heterocycles. The lowest BCUT2D eigenvalue weighted by atomic mass is 9.99. The SMILES string of the molecule is CC(C)N1C(=O)c2ccc(C(=O)NC3CCOc4ccccc43)cc2C1=O. The van der Waals surface area contributed by atoms with Gasteiger partial charge in [0.25, 0.3) is 17.7 Å². The molecule has 2 aromatic rings. The maximum Gasteiger partial charge on any atom is 0.261 e. The van der Waals surface area contributed by atoms with Crippen LogP contribution in [0.5, 0.6) is 5.75 Å². The average molecular weight is 364 g/mol. The van der Waals surface area contributed by atoms with E-state index in [2.05, 4.69) is 5.32 Å². The minimum absolute atomic E-state index is 0.153. The fourth-order valence-electron chi connectivity index (χ4n) is 3.60. The number of para-hydroxylation sites is 1. The lowest BCUT2D eigenvalue weighted by Gasteiger charge is -2.26. The first-order valence-corrected chi connectivity index (χ1v) is 9.02. The molecule has 0 aliphatic carbocycles. The van der Waals surface area contributed by atoms with Gasteiger partial charge in [0.1, 0.15) is 5.75 Å². The van der Waals surface area contributed by atoms with Crippen LogP contribution in [-0.2, 0) is 0 Å². The Kier molecular flexibility index (Phi) is 4.18. The molecule has 0 spiro atoms. The van der Waals surface area contributed by atoms with Crippen molar-refractivity contribution in [3.63, 3.8) is 0 Å². The van der Waals surface area contributed by atoms with Gasteiger partial charge in [0.15, 0.2) is 0 Å². The maximum absolute atomic E-state index is 12.8. The number of ether oxygens (including phenoxy) is 1. The van der Waals surface area contributed by atoms with Crippen molar-refractivity contribution in [2.75, 3.05) is 6.61 Å². The second-order valence-corrected chi connectivity index (χ2v) is 7.04. The molecule has 1 N–H and O–H groups in total. The van der Waals surface area contributed by atoms with Crippen molar-refractivity contribution < 1.29 is 19.1 Å². The van der Waals surface area contributed by atoms with E-state index in [9.17, 15) is 14.4 Å². The van der Waals surface area contributed by atoms with Crippen LogP contribution in [0.4, 0.5) is 0 Å². The van der Waals surface area contributed by atoms with Gasteiger partial charge in [-0.2, -0.15) is 0 Å². The van der Waals surface area contributed by atoms with Gasteiger partial charge in [-0.1, -0.05) is 18.2 Å². The monoisotopic (exact) mass is 364 g/mol. The van der Waals surface area contributed by atoms with Gasteiger partial charge in [0.05, 0.1) is 23.8 Å². The number of hydrogen-bond donors (Lipinski definition) is 1. The van der Waals surface area contributed by atoms with Gasteiger partial charge in [-0.3, -0.25) is 19.3 Å². The van der Waals surface area contributed by atoms with Crippen molar-refractivity contribution in [3.8, 4) is 5.75 Å². The highest BCUT2D eigenvalue weighted by Crippen LogP contribution is 2.32. The molecule has 0 fully saturated rings. The van der Waals surface area contributed by atoms with E-state index in [-0.39, 0.29) is 35.4 Å². The highest BCUT2D eigenvalue weighted by molar-refractivity contribution is 6.22. The molecule has 0 radical (unpaired) electrons. The Morgan fingerprint density at radius 1 is 1.11 bits per heavy atom. The average Bonchev–Trinajstić information content (AvgIpc) is 2.92. The van der Waals surface area contributed by atoms with E-state index >= 15 is 0 Å². The van der Waals surface area contributed by atoms with Crippen LogP contribution in [0.3, 0.4) is 0 Å². The Morgan fingerprint density at radius 3 is 2.63 bits per heavy atom. The van der Waals surface area contributed by atoms with Gasteiger partial charge in [0.2, 0.25) is 0 Å². The third-order valence-corrected chi connectivity index (χ3v) is 4.96. The summed E-state index contributed by atoms with van der Waals surface area (Å²) in [6.45, 7) is 4.11. The number of carbonyl (C=O) groups is 3. The van der Waals surface area contributed by atoms with Gasteiger partial charge in [0, 0.05) is 23.6 Å². The third-order valence-electron chi connectivity index (χ3n) is 4.96. The summed E-state index contributed by atoms with van der Waals surface area (Å²) in [6.07, 6.45) is 0.673. The van der Waals surface area contributed by atoms with E-state index in [0.29, 0.717) is 24.2 Å². The molecule has 2 aromatic carbocycles. The minimum Gasteiger partial charge on any atom is -0.493 e. The van der Waals surface area contributed by atoms with Crippen molar-refractivity contribution in [2.24, 2.45) is 0 Å². The molecule has 0 aromatic heterocycles. The molecule has 6 nitrogen and oxygen atoms in total. The van der Waals surface area contributed by atoms with Gasteiger partial charge in [-0.25, -0.2) is 0 Å². The number of hydrogen-bond acceptors (Lipinski definition) is 4. The second kappa shape index (κ2) is 6.54. The minimum atomic E-state index is -0.351. The summed E-state index contributed by atoms with van der Waals surface area (Å²) < 4.78 is 5.62. The van der Waals surface area contributed by atoms with Crippen LogP contribution in [0.1, 0.15) is 62.9 Å². The van der Waals surface area contributed by atoms with Crippen molar-refractivity contribution in [3.05, 3.63) is 64.7 Å². The molecule has 0 saturated heterocycles. The van der Waals surface area contributed by atoms with Crippen LogP contribution < -0.4 is 10.1 Å². The molecule has 3 amide bonds. The molecule has 2 aliphatic heterocycles. The van der Waals surface area contributed by atoms with E-state index in [1.165, 1.54) is 11.0 Å². The zero-order valence-corrected chi connectivity index (χ0v) is 15.2. The third kappa shape index (κ3) is 2.87. The summed E-state index contributed by atoms with van der Waals surface area (Å²) in [5.74, 6) is -0.162. The van der Waals surface area contributed by atoms with Gasteiger partial charge < -0.3 is 10.1 Å². The first kappa shape index (κ1) is 17.3. The molecule has 1 unspecified atom stereocenters. The molecule has 4 rings (SSSR count). The Labute approximate surface area is 157 Å². The smallest absolute Gasteiger partial charge is 0.261 e. The van der Waals surface area contributed by atoms with E-state index in [1.54, 1.807) is 26.0 Å². The second-order valence-electron chi connectivity index (χ2n) is 7.04. The summed E-state index contributed by atoms with van der Waals surface area (Å²) in [5.41, 5.74) is 1.94. The zero-order valence-electron chi connectivity index (χ0n) is 15.2. The molecular formula is C21H20N2O4. The Balaban J connectivity index is 1.59. The number of rotatable bonds is 3. The highest BCUT2D eigenvalue weighted by atomic mass is 16.5. The lowest BCUT2D eigenvalue weighted by molar-refractivity contribution is 0.0609. The number of benzene rings is 2. The van der Waals surface area contributed by atoms with Crippen LogP contribution in [-0.4, -0.2) is 35.3 Å². The number of imide groups is 1. The van der Waals surface area contributed by atoms with Crippen molar-refractivity contribution in [1.29, 1.82) is 0 Å². The van der Waals surface area contributed by atoms with Crippen LogP contribution in [0.15, 0.2) is 42.5 Å². The number of nitrogens with zero attached hydrogens (tertiary/aromatic N) is 1. The normalized spacial score (nSPS) is 18.2. The van der Waals surface area contributed by atoms with Gasteiger partial charge >= 0.3 is 0 Å². The van der Waals surface area contributed by atoms with Gasteiger partial charge in [-0.05, 0) is 38.1 Å². The topological polar surface area (TPSA) is 75.7 Å². The zero-order chi connectivity index (χ0) is 19.1. The predicted octanol–water partition coefficient (Wildman–Crippen LogP) is 2.94. The molecule has 0 saturated carbocycles. The summed E-state index contributed by atoms with van der Waals surface area (Å²) in [5, 5.41) is 3.01. The molecule has 27 heavy (non-hydrogen) atoms. The Morgan fingerprint density at radius 2 is 1.85 bits per heavy atom. The van der Waals surface area contributed by atoms with Crippen LogP contribution in [0.25, 0.3) is 0 Å². The number of amides is 3. The summed E-state index contributed by atoms with van der Waals surface area (Å²) in [6, 6.07) is 11.9. The van der Waals surface area contributed by atoms with E-state index in [0.717, 1.165) is 11.3 Å². The first-order valence-electron chi connectivity index (χ1n) is 9.02. The van der Waals surface area contributed by atoms with Crippen LogP contribution in [0.2, 0.25) is 0 Å². The number of nitrogens with one attached hydrogen (secondary N) is 1. The summed E-state index contributed by atoms with van der Waals surface area (Å²) in [7, 11) is 0. The van der Waals surface area contributed by atoms with E-state index in [1.807, 2.05) is 24.3 Å². The number of carbonyl (C=O) groups excluding carboxylic acids is 3. The molecule has 0 bridgehead atoms. The van der Waals surface area contributed by atoms with Crippen molar-refractivity contribution in [2.45, 2.75) is 32.4 Å². The number of fused-ring (bicyclic) bond motifs is 2. The molecule has 1 atom stereocenters. The van der Waals surface area contributed by atoms with E-state index in [4.69, 9.17) is 4.74 Å². The van der Waals surface area contributed by atoms with E-state index < -0.39 is 0 Å². The largest absolute Gasteiger partial charge is 0.493 e. The molecule has 138 valence electrons. The van der Waals surface area contributed by atoms with Crippen LogP contribution >= 0.6 is 0 Å². The van der Waals surface area contributed by atoms with Crippen LogP contribution in [0, 0.1) is 0 Å². The molecule has 6 heteroatoms. The Hall–Kier alpha value is -3.15. The molecule has 2 aliphatic rings. The summed E-state index contributed by atoms with van der Waals surface area (Å²) >= 11 is 0. The quantitative estimate of drug-likeness (QED) is 0.850. The first-order chi connectivity index (χ1) is 13.0. The standard InChI is InChI=1S/C21H20N2O4/c1-12(2)23-20(25)14-8-7-13(11-16(14)21(23)26)19(24)22-17-9-10-27-18-6-4-3-5-15(17)18/h3-8,11-12,17H,9-10H2,1-2H3,(H,22,24). The highest BCUT2D eigenvalue weighted by Gasteiger charge is 2.37. The maximum atomic E-state index is 12.8. The molecular weight excluding hydrogens is 344 g/mol. The fourth-order valence-corrected chi connectivity index (χ4v) is 3.60. The Bertz CT molecular complexity index is 951. The van der Waals surface area contributed by atoms with Crippen molar-refractivity contribution in [1.82, 2.24) is 10.2 Å². The summed E-state index contributed by atoms with van der Waals surface area (Å²) in [4.78, 5) is 38.9. The van der Waals surface area contributed by atoms with Crippen molar-refractivity contribution >= 4 is 17.7 Å². The lowest BCUT2D eigenvalue weighted by Crippen LogP contribution is -2.35. The van der Waals surface area contributed by atoms with Gasteiger partial charge in [-0.15, -0.1) is 0 Å².